The van der Waals surface area contributed by atoms with Crippen LogP contribution in [0.3, 0.4) is 0 Å². The standard InChI is InChI=1S/C15H24N2S/c1-10(2)7-16-8-13-9-17-15(18-13)14-6-11-3-4-12(14)5-11/h9-12,14,16H,3-8H2,1-2H3. The molecule has 2 saturated carbocycles. The summed E-state index contributed by atoms with van der Waals surface area (Å²) >= 11 is 1.95. The summed E-state index contributed by atoms with van der Waals surface area (Å²) in [6, 6.07) is 0. The van der Waals surface area contributed by atoms with Gasteiger partial charge in [-0.15, -0.1) is 11.3 Å². The summed E-state index contributed by atoms with van der Waals surface area (Å²) in [4.78, 5) is 6.10. The van der Waals surface area contributed by atoms with Gasteiger partial charge >= 0.3 is 0 Å². The highest BCUT2D eigenvalue weighted by atomic mass is 32.1. The van der Waals surface area contributed by atoms with E-state index in [-0.39, 0.29) is 0 Å². The molecule has 0 aliphatic heterocycles. The third kappa shape index (κ3) is 2.62. The Bertz CT molecular complexity index is 399. The Hall–Kier alpha value is -0.410. The van der Waals surface area contributed by atoms with Crippen molar-refractivity contribution in [3.05, 3.63) is 16.1 Å². The average Bonchev–Trinajstić information content (AvgIpc) is 3.03. The van der Waals surface area contributed by atoms with E-state index in [1.54, 1.807) is 0 Å². The number of aromatic nitrogens is 1. The van der Waals surface area contributed by atoms with Crippen LogP contribution in [0.15, 0.2) is 6.20 Å². The molecule has 1 heterocycles. The van der Waals surface area contributed by atoms with Crippen LogP contribution in [-0.2, 0) is 6.54 Å². The Morgan fingerprint density at radius 3 is 2.94 bits per heavy atom. The molecule has 100 valence electrons. The summed E-state index contributed by atoms with van der Waals surface area (Å²) in [5.74, 6) is 3.50. The van der Waals surface area contributed by atoms with Crippen LogP contribution in [0.4, 0.5) is 0 Å². The lowest BCUT2D eigenvalue weighted by Crippen LogP contribution is -2.18. The molecule has 0 radical (unpaired) electrons. The Labute approximate surface area is 114 Å². The molecule has 1 aromatic rings. The van der Waals surface area contributed by atoms with Gasteiger partial charge in [0.2, 0.25) is 0 Å². The van der Waals surface area contributed by atoms with E-state index in [0.717, 1.165) is 36.8 Å². The van der Waals surface area contributed by atoms with Crippen LogP contribution in [0.1, 0.15) is 55.3 Å². The van der Waals surface area contributed by atoms with Crippen LogP contribution in [0.5, 0.6) is 0 Å². The number of hydrogen-bond acceptors (Lipinski definition) is 3. The molecule has 3 rings (SSSR count). The van der Waals surface area contributed by atoms with Gasteiger partial charge in [0.15, 0.2) is 0 Å². The number of rotatable bonds is 5. The lowest BCUT2D eigenvalue weighted by atomic mass is 9.89. The molecule has 2 aliphatic carbocycles. The number of fused-ring (bicyclic) bond motifs is 2. The lowest BCUT2D eigenvalue weighted by molar-refractivity contribution is 0.419. The second-order valence-corrected chi connectivity index (χ2v) is 7.62. The maximum Gasteiger partial charge on any atom is 0.0961 e. The minimum absolute atomic E-state index is 0.725. The van der Waals surface area contributed by atoms with Gasteiger partial charge < -0.3 is 5.32 Å². The van der Waals surface area contributed by atoms with E-state index in [4.69, 9.17) is 4.98 Å². The maximum atomic E-state index is 4.69. The van der Waals surface area contributed by atoms with Gasteiger partial charge in [-0.3, -0.25) is 0 Å². The van der Waals surface area contributed by atoms with Crippen molar-refractivity contribution in [3.63, 3.8) is 0 Å². The maximum absolute atomic E-state index is 4.69. The smallest absolute Gasteiger partial charge is 0.0961 e. The Balaban J connectivity index is 1.56. The molecule has 2 fully saturated rings. The summed E-state index contributed by atoms with van der Waals surface area (Å²) in [5.41, 5.74) is 0. The number of thiazole rings is 1. The SMILES string of the molecule is CC(C)CNCc1cnc(C2CC3CCC2C3)s1. The molecule has 0 amide bonds. The second kappa shape index (κ2) is 5.30. The molecule has 2 aliphatic rings. The van der Waals surface area contributed by atoms with Crippen molar-refractivity contribution < 1.29 is 0 Å². The third-order valence-corrected chi connectivity index (χ3v) is 5.61. The largest absolute Gasteiger partial charge is 0.312 e. The van der Waals surface area contributed by atoms with E-state index in [1.807, 2.05) is 11.3 Å². The fourth-order valence-corrected chi connectivity index (χ4v) is 4.70. The van der Waals surface area contributed by atoms with E-state index in [9.17, 15) is 0 Å². The molecule has 3 unspecified atom stereocenters. The first kappa shape index (κ1) is 12.6. The molecule has 0 aromatic carbocycles. The van der Waals surface area contributed by atoms with Crippen LogP contribution in [0.25, 0.3) is 0 Å². The van der Waals surface area contributed by atoms with Gasteiger partial charge in [-0.05, 0) is 43.6 Å². The Morgan fingerprint density at radius 1 is 1.39 bits per heavy atom. The van der Waals surface area contributed by atoms with Crippen molar-refractivity contribution >= 4 is 11.3 Å². The van der Waals surface area contributed by atoms with Crippen LogP contribution in [0.2, 0.25) is 0 Å². The minimum atomic E-state index is 0.725. The number of nitrogens with one attached hydrogen (secondary N) is 1. The fraction of sp³-hybridized carbons (Fsp3) is 0.800. The Morgan fingerprint density at radius 2 is 2.28 bits per heavy atom. The van der Waals surface area contributed by atoms with E-state index >= 15 is 0 Å². The monoisotopic (exact) mass is 264 g/mol. The summed E-state index contributed by atoms with van der Waals surface area (Å²) in [7, 11) is 0. The van der Waals surface area contributed by atoms with Crippen molar-refractivity contribution in [3.8, 4) is 0 Å². The van der Waals surface area contributed by atoms with Crippen LogP contribution < -0.4 is 5.32 Å². The Kier molecular flexibility index (Phi) is 3.71. The molecule has 0 spiro atoms. The summed E-state index contributed by atoms with van der Waals surface area (Å²) in [6.45, 7) is 6.60. The second-order valence-electron chi connectivity index (χ2n) is 6.47. The van der Waals surface area contributed by atoms with Crippen molar-refractivity contribution in [2.75, 3.05) is 6.54 Å². The first-order chi connectivity index (χ1) is 8.72. The minimum Gasteiger partial charge on any atom is -0.312 e. The zero-order valence-electron chi connectivity index (χ0n) is 11.5. The van der Waals surface area contributed by atoms with Gasteiger partial charge in [-0.2, -0.15) is 0 Å². The molecule has 0 saturated heterocycles. The average molecular weight is 264 g/mol. The molecule has 3 atom stereocenters. The highest BCUT2D eigenvalue weighted by Crippen LogP contribution is 2.53. The van der Waals surface area contributed by atoms with Gasteiger partial charge in [-0.25, -0.2) is 4.98 Å². The topological polar surface area (TPSA) is 24.9 Å². The molecule has 1 aromatic heterocycles. The first-order valence-electron chi connectivity index (χ1n) is 7.37. The molecular formula is C15H24N2S. The summed E-state index contributed by atoms with van der Waals surface area (Å²) < 4.78 is 0. The number of hydrogen-bond donors (Lipinski definition) is 1. The van der Waals surface area contributed by atoms with E-state index in [0.29, 0.717) is 0 Å². The van der Waals surface area contributed by atoms with E-state index in [1.165, 1.54) is 35.6 Å². The van der Waals surface area contributed by atoms with Crippen molar-refractivity contribution in [1.82, 2.24) is 10.3 Å². The molecule has 3 heteroatoms. The molecule has 2 bridgehead atoms. The van der Waals surface area contributed by atoms with E-state index < -0.39 is 0 Å². The summed E-state index contributed by atoms with van der Waals surface area (Å²) in [6.07, 6.45) is 7.92. The number of nitrogens with zero attached hydrogens (tertiary/aromatic N) is 1. The van der Waals surface area contributed by atoms with Crippen molar-refractivity contribution in [2.24, 2.45) is 17.8 Å². The fourth-order valence-electron chi connectivity index (χ4n) is 3.61. The molecule has 18 heavy (non-hydrogen) atoms. The van der Waals surface area contributed by atoms with Crippen LogP contribution >= 0.6 is 11.3 Å². The lowest BCUT2D eigenvalue weighted by Gasteiger charge is -2.18. The zero-order chi connectivity index (χ0) is 12.5. The van der Waals surface area contributed by atoms with Crippen molar-refractivity contribution in [1.29, 1.82) is 0 Å². The third-order valence-electron chi connectivity index (χ3n) is 4.48. The van der Waals surface area contributed by atoms with Crippen LogP contribution in [-0.4, -0.2) is 11.5 Å². The van der Waals surface area contributed by atoms with Crippen molar-refractivity contribution in [2.45, 2.75) is 52.0 Å². The zero-order valence-corrected chi connectivity index (χ0v) is 12.3. The first-order valence-corrected chi connectivity index (χ1v) is 8.19. The predicted molar refractivity (Wildman–Crippen MR) is 76.8 cm³/mol. The normalized spacial score (nSPS) is 30.5. The summed E-state index contributed by atoms with van der Waals surface area (Å²) in [5, 5.41) is 4.93. The van der Waals surface area contributed by atoms with Crippen LogP contribution in [0, 0.1) is 17.8 Å². The predicted octanol–water partition coefficient (Wildman–Crippen LogP) is 3.79. The van der Waals surface area contributed by atoms with Gasteiger partial charge in [-0.1, -0.05) is 20.3 Å². The molecule has 1 N–H and O–H groups in total. The van der Waals surface area contributed by atoms with Gasteiger partial charge in [0.1, 0.15) is 0 Å². The van der Waals surface area contributed by atoms with Gasteiger partial charge in [0.25, 0.3) is 0 Å². The highest BCUT2D eigenvalue weighted by molar-refractivity contribution is 7.11. The van der Waals surface area contributed by atoms with E-state index in [2.05, 4.69) is 25.4 Å². The highest BCUT2D eigenvalue weighted by Gasteiger charge is 2.41. The van der Waals surface area contributed by atoms with Gasteiger partial charge in [0.05, 0.1) is 5.01 Å². The molecule has 2 nitrogen and oxygen atoms in total. The molecular weight excluding hydrogens is 240 g/mol. The quantitative estimate of drug-likeness (QED) is 0.875. The van der Waals surface area contributed by atoms with Gasteiger partial charge in [0, 0.05) is 23.5 Å².